The summed E-state index contributed by atoms with van der Waals surface area (Å²) < 4.78 is 0. The second-order valence-electron chi connectivity index (χ2n) is 7.05. The van der Waals surface area contributed by atoms with E-state index in [-0.39, 0.29) is 5.91 Å². The van der Waals surface area contributed by atoms with E-state index in [0.29, 0.717) is 23.1 Å². The molecule has 1 heterocycles. The van der Waals surface area contributed by atoms with Crippen molar-refractivity contribution in [1.82, 2.24) is 9.88 Å². The first kappa shape index (κ1) is 18.0. The van der Waals surface area contributed by atoms with Gasteiger partial charge in [0.2, 0.25) is 0 Å². The van der Waals surface area contributed by atoms with E-state index in [1.54, 1.807) is 12.3 Å². The minimum absolute atomic E-state index is 0.0724. The third-order valence-corrected chi connectivity index (χ3v) is 3.65. The fourth-order valence-electron chi connectivity index (χ4n) is 2.72. The molecule has 0 saturated heterocycles. The molecule has 2 rings (SSSR count). The Bertz CT molecular complexity index is 685. The predicted octanol–water partition coefficient (Wildman–Crippen LogP) is 4.09. The van der Waals surface area contributed by atoms with Gasteiger partial charge in [0.05, 0.1) is 5.69 Å². The van der Waals surface area contributed by atoms with Crippen LogP contribution >= 0.6 is 0 Å². The number of hydrogen-bond acceptors (Lipinski definition) is 3. The number of nitrogens with zero attached hydrogens (tertiary/aromatic N) is 2. The molecule has 0 unspecified atom stereocenters. The third kappa shape index (κ3) is 4.82. The Morgan fingerprint density at radius 1 is 1.08 bits per heavy atom. The summed E-state index contributed by atoms with van der Waals surface area (Å²) in [5.41, 5.74) is 8.88. The highest BCUT2D eigenvalue weighted by Crippen LogP contribution is 2.21. The summed E-state index contributed by atoms with van der Waals surface area (Å²) in [6.07, 6.45) is 1.68. The van der Waals surface area contributed by atoms with Crippen molar-refractivity contribution >= 4 is 11.6 Å². The average Bonchev–Trinajstić information content (AvgIpc) is 2.53. The van der Waals surface area contributed by atoms with Gasteiger partial charge in [0.25, 0.3) is 5.91 Å². The van der Waals surface area contributed by atoms with Crippen molar-refractivity contribution in [2.75, 3.05) is 18.8 Å². The number of pyridine rings is 1. The summed E-state index contributed by atoms with van der Waals surface area (Å²) in [6, 6.07) is 11.2. The van der Waals surface area contributed by atoms with E-state index in [1.165, 1.54) is 0 Å². The Kier molecular flexibility index (Phi) is 5.96. The minimum atomic E-state index is 0.0724. The van der Waals surface area contributed by atoms with Crippen LogP contribution in [0.4, 0.5) is 5.69 Å². The quantitative estimate of drug-likeness (QED) is 0.870. The fourth-order valence-corrected chi connectivity index (χ4v) is 2.72. The molecule has 0 spiro atoms. The summed E-state index contributed by atoms with van der Waals surface area (Å²) in [6.45, 7) is 10.1. The molecule has 4 nitrogen and oxygen atoms in total. The largest absolute Gasteiger partial charge is 0.399 e. The monoisotopic (exact) mass is 325 g/mol. The molecular formula is C20H27N3O. The van der Waals surface area contributed by atoms with Crippen molar-refractivity contribution in [2.24, 2.45) is 11.8 Å². The van der Waals surface area contributed by atoms with Gasteiger partial charge in [0, 0.05) is 36.1 Å². The maximum atomic E-state index is 12.9. The lowest BCUT2D eigenvalue weighted by Gasteiger charge is -2.26. The van der Waals surface area contributed by atoms with Gasteiger partial charge in [-0.3, -0.25) is 9.78 Å². The van der Waals surface area contributed by atoms with Crippen molar-refractivity contribution in [3.8, 4) is 11.3 Å². The van der Waals surface area contributed by atoms with Gasteiger partial charge >= 0.3 is 0 Å². The number of benzene rings is 1. The van der Waals surface area contributed by atoms with Gasteiger partial charge in [-0.25, -0.2) is 0 Å². The number of amides is 1. The number of aromatic nitrogens is 1. The Morgan fingerprint density at radius 2 is 1.75 bits per heavy atom. The summed E-state index contributed by atoms with van der Waals surface area (Å²) in [4.78, 5) is 19.2. The molecule has 0 fully saturated rings. The molecule has 0 bridgehead atoms. The van der Waals surface area contributed by atoms with Gasteiger partial charge in [-0.15, -0.1) is 0 Å². The molecule has 0 atom stereocenters. The van der Waals surface area contributed by atoms with Crippen LogP contribution in [-0.4, -0.2) is 28.9 Å². The molecule has 2 N–H and O–H groups in total. The van der Waals surface area contributed by atoms with Crippen molar-refractivity contribution in [3.05, 3.63) is 48.2 Å². The van der Waals surface area contributed by atoms with E-state index < -0.39 is 0 Å². The van der Waals surface area contributed by atoms with Crippen LogP contribution in [0.15, 0.2) is 42.6 Å². The Hall–Kier alpha value is -2.36. The number of carbonyl (C=O) groups excluding carboxylic acids is 1. The number of anilines is 1. The molecule has 0 radical (unpaired) electrons. The van der Waals surface area contributed by atoms with Gasteiger partial charge in [0.15, 0.2) is 0 Å². The maximum absolute atomic E-state index is 12.9. The molecule has 0 aliphatic carbocycles. The number of nitrogens with two attached hydrogens (primary N) is 1. The molecule has 0 aliphatic rings. The molecule has 1 aromatic heterocycles. The molecule has 1 amide bonds. The van der Waals surface area contributed by atoms with Gasteiger partial charge in [-0.05, 0) is 36.1 Å². The molecule has 24 heavy (non-hydrogen) atoms. The van der Waals surface area contributed by atoms with Crippen molar-refractivity contribution in [2.45, 2.75) is 27.7 Å². The number of carbonyl (C=O) groups is 1. The second kappa shape index (κ2) is 7.95. The summed E-state index contributed by atoms with van der Waals surface area (Å²) in [5, 5.41) is 0. The highest BCUT2D eigenvalue weighted by Gasteiger charge is 2.18. The summed E-state index contributed by atoms with van der Waals surface area (Å²) in [5.74, 6) is 0.945. The van der Waals surface area contributed by atoms with Crippen LogP contribution in [0.5, 0.6) is 0 Å². The highest BCUT2D eigenvalue weighted by molar-refractivity contribution is 5.95. The van der Waals surface area contributed by atoms with Gasteiger partial charge < -0.3 is 10.6 Å². The van der Waals surface area contributed by atoms with E-state index in [2.05, 4.69) is 32.7 Å². The molecular weight excluding hydrogens is 298 g/mol. The lowest BCUT2D eigenvalue weighted by atomic mass is 10.0. The average molecular weight is 325 g/mol. The molecule has 128 valence electrons. The molecule has 1 aromatic carbocycles. The second-order valence-corrected chi connectivity index (χ2v) is 7.05. The number of hydrogen-bond donors (Lipinski definition) is 1. The van der Waals surface area contributed by atoms with Gasteiger partial charge in [-0.2, -0.15) is 0 Å². The smallest absolute Gasteiger partial charge is 0.253 e. The Labute approximate surface area is 144 Å². The van der Waals surface area contributed by atoms with Crippen molar-refractivity contribution in [1.29, 1.82) is 0 Å². The summed E-state index contributed by atoms with van der Waals surface area (Å²) >= 11 is 0. The zero-order chi connectivity index (χ0) is 17.7. The van der Waals surface area contributed by atoms with Crippen LogP contribution in [0.3, 0.4) is 0 Å². The van der Waals surface area contributed by atoms with Crippen LogP contribution in [0.1, 0.15) is 38.1 Å². The van der Waals surface area contributed by atoms with E-state index in [1.807, 2.05) is 35.2 Å². The fraction of sp³-hybridized carbons (Fsp3) is 0.400. The first-order chi connectivity index (χ1) is 11.4. The zero-order valence-corrected chi connectivity index (χ0v) is 15.0. The van der Waals surface area contributed by atoms with Crippen LogP contribution in [0.25, 0.3) is 11.3 Å². The first-order valence-corrected chi connectivity index (χ1v) is 8.48. The van der Waals surface area contributed by atoms with Crippen LogP contribution in [0, 0.1) is 11.8 Å². The minimum Gasteiger partial charge on any atom is -0.399 e. The predicted molar refractivity (Wildman–Crippen MR) is 99.7 cm³/mol. The molecule has 0 saturated carbocycles. The Morgan fingerprint density at radius 3 is 2.33 bits per heavy atom. The van der Waals surface area contributed by atoms with Crippen LogP contribution < -0.4 is 5.73 Å². The maximum Gasteiger partial charge on any atom is 0.253 e. The van der Waals surface area contributed by atoms with Crippen LogP contribution in [0.2, 0.25) is 0 Å². The van der Waals surface area contributed by atoms with Gasteiger partial charge in [-0.1, -0.05) is 39.8 Å². The van der Waals surface area contributed by atoms with E-state index >= 15 is 0 Å². The van der Waals surface area contributed by atoms with Crippen molar-refractivity contribution < 1.29 is 4.79 Å². The number of rotatable bonds is 6. The molecule has 0 aliphatic heterocycles. The standard InChI is InChI=1S/C20H27N3O/c1-14(2)12-23(13-15(3)4)20(24)17-7-5-6-16(10-17)19-11-18(21)8-9-22-19/h5-11,14-15H,12-13H2,1-4H3,(H2,21,22). The molecule has 4 heteroatoms. The number of nitrogen functional groups attached to an aromatic ring is 1. The lowest BCUT2D eigenvalue weighted by Crippen LogP contribution is -2.37. The third-order valence-electron chi connectivity index (χ3n) is 3.65. The van der Waals surface area contributed by atoms with Gasteiger partial charge in [0.1, 0.15) is 0 Å². The lowest BCUT2D eigenvalue weighted by molar-refractivity contribution is 0.0715. The van der Waals surface area contributed by atoms with Crippen molar-refractivity contribution in [3.63, 3.8) is 0 Å². The zero-order valence-electron chi connectivity index (χ0n) is 15.0. The topological polar surface area (TPSA) is 59.2 Å². The van der Waals surface area contributed by atoms with E-state index in [0.717, 1.165) is 24.3 Å². The van der Waals surface area contributed by atoms with E-state index in [4.69, 9.17) is 5.73 Å². The normalized spacial score (nSPS) is 11.1. The molecule has 2 aromatic rings. The highest BCUT2D eigenvalue weighted by atomic mass is 16.2. The summed E-state index contributed by atoms with van der Waals surface area (Å²) in [7, 11) is 0. The first-order valence-electron chi connectivity index (χ1n) is 8.48. The Balaban J connectivity index is 2.30. The van der Waals surface area contributed by atoms with E-state index in [9.17, 15) is 4.79 Å². The van der Waals surface area contributed by atoms with Crippen LogP contribution in [-0.2, 0) is 0 Å². The SMILES string of the molecule is CC(C)CN(CC(C)C)C(=O)c1cccc(-c2cc(N)ccn2)c1.